The van der Waals surface area contributed by atoms with Crippen molar-refractivity contribution >= 4 is 11.9 Å². The second-order valence-corrected chi connectivity index (χ2v) is 2.82. The summed E-state index contributed by atoms with van der Waals surface area (Å²) in [5, 5.41) is 17.7. The van der Waals surface area contributed by atoms with E-state index in [2.05, 4.69) is 9.47 Å². The largest absolute Gasteiger partial charge is 1.00 e. The van der Waals surface area contributed by atoms with Crippen LogP contribution in [0, 0.1) is 0 Å². The van der Waals surface area contributed by atoms with Crippen LogP contribution in [0.15, 0.2) is 0 Å². The van der Waals surface area contributed by atoms with Gasteiger partial charge in [0.05, 0.1) is 7.11 Å². The molecule has 0 unspecified atom stereocenters. The van der Waals surface area contributed by atoms with Crippen LogP contribution in [0.5, 0.6) is 0 Å². The number of hydrogen-bond acceptors (Lipinski definition) is 6. The van der Waals surface area contributed by atoms with Gasteiger partial charge in [-0.25, -0.2) is 0 Å². The third-order valence-electron chi connectivity index (χ3n) is 0.779. The molecule has 0 aliphatic carbocycles. The lowest BCUT2D eigenvalue weighted by molar-refractivity contribution is -0.538. The van der Waals surface area contributed by atoms with Gasteiger partial charge in [0.25, 0.3) is 5.97 Å². The fourth-order valence-corrected chi connectivity index (χ4v) is 0. The van der Waals surface area contributed by atoms with Crippen molar-refractivity contribution in [3.05, 3.63) is 0 Å². The summed E-state index contributed by atoms with van der Waals surface area (Å²) >= 11 is 0. The quantitative estimate of drug-likeness (QED) is 0.378. The second kappa shape index (κ2) is 21.0. The highest BCUT2D eigenvalue weighted by atomic mass is 19.0. The van der Waals surface area contributed by atoms with Crippen LogP contribution in [0.3, 0.4) is 0 Å². The van der Waals surface area contributed by atoms with E-state index in [9.17, 15) is 9.90 Å². The number of rotatable bonds is 1. The summed E-state index contributed by atoms with van der Waals surface area (Å²) in [4.78, 5) is 18.6. The summed E-state index contributed by atoms with van der Waals surface area (Å²) in [6.07, 6.45) is 0. The van der Waals surface area contributed by atoms with Crippen LogP contribution < -0.4 is 9.81 Å². The molecule has 18 heavy (non-hydrogen) atoms. The zero-order chi connectivity index (χ0) is 13.1. The summed E-state index contributed by atoms with van der Waals surface area (Å²) in [5.74, 6) is -2.29. The van der Waals surface area contributed by atoms with E-state index in [0.29, 0.717) is 0 Å². The molecule has 0 bridgehead atoms. The molecule has 0 fully saturated rings. The predicted molar refractivity (Wildman–Crippen MR) is 57.6 cm³/mol. The Balaban J connectivity index is -0.0000000282. The number of carbonyl (C=O) groups excluding carboxylic acids is 1. The van der Waals surface area contributed by atoms with Crippen molar-refractivity contribution < 1.29 is 44.9 Å². The molecule has 0 spiro atoms. The standard InChI is InChI=1S/C4H9O2.C3H6O2.C2H4O2.FH.2H2O/c1-4(2,5)6-3;1-3(4)5-2;1-2(3)4;;;/h1-3H3;1-2H3;1H3,(H,3,4);1H;2*1H2/q-1;;;;;/p-2. The lowest BCUT2D eigenvalue weighted by Gasteiger charge is -2.28. The topological polar surface area (TPSA) is 157 Å². The van der Waals surface area contributed by atoms with Gasteiger partial charge in [0.15, 0.2) is 0 Å². The van der Waals surface area contributed by atoms with Gasteiger partial charge in [-0.1, -0.05) is 13.8 Å². The lowest BCUT2D eigenvalue weighted by atomic mass is 10.4. The highest BCUT2D eigenvalue weighted by molar-refractivity contribution is 5.65. The number of carboxylic acids is 1. The monoisotopic (exact) mass is 277 g/mol. The predicted octanol–water partition coefficient (Wildman–Crippen LogP) is -4.00. The molecule has 0 saturated heterocycles. The SMILES string of the molecule is CC(=O)O.COC(C)(C)[O-].COC(C)=O.O.[F-].[OH-]. The molecule has 0 radical (unpaired) electrons. The van der Waals surface area contributed by atoms with Gasteiger partial charge in [-0.15, -0.1) is 0 Å². The van der Waals surface area contributed by atoms with Crippen molar-refractivity contribution in [3.63, 3.8) is 0 Å². The number of hydrogen-bond donors (Lipinski definition) is 1. The summed E-state index contributed by atoms with van der Waals surface area (Å²) < 4.78 is 8.49. The Labute approximate surface area is 105 Å². The molecule has 0 aliphatic rings. The number of halogens is 1. The molecule has 0 aliphatic heterocycles. The number of esters is 1. The molecule has 0 aromatic heterocycles. The van der Waals surface area contributed by atoms with Crippen molar-refractivity contribution in [2.75, 3.05) is 14.2 Å². The Kier molecular flexibility index (Phi) is 42.0. The second-order valence-electron chi connectivity index (χ2n) is 2.82. The minimum atomic E-state index is -1.21. The van der Waals surface area contributed by atoms with Gasteiger partial charge in [-0.3, -0.25) is 9.59 Å². The van der Waals surface area contributed by atoms with Crippen LogP contribution >= 0.6 is 0 Å². The Hall–Kier alpha value is -1.29. The molecule has 0 heterocycles. The Bertz CT molecular complexity index is 174. The number of aliphatic carboxylic acids is 1. The molecule has 4 N–H and O–H groups in total. The Morgan fingerprint density at radius 2 is 1.28 bits per heavy atom. The van der Waals surface area contributed by atoms with E-state index in [1.165, 1.54) is 35.0 Å². The van der Waals surface area contributed by atoms with Crippen LogP contribution in [0.4, 0.5) is 0 Å². The Morgan fingerprint density at radius 1 is 1.17 bits per heavy atom. The van der Waals surface area contributed by atoms with Gasteiger partial charge in [0, 0.05) is 21.0 Å². The average molecular weight is 277 g/mol. The number of carbonyl (C=O) groups is 2. The van der Waals surface area contributed by atoms with E-state index in [4.69, 9.17) is 9.90 Å². The number of carboxylic acid groups (broad SMARTS) is 1. The smallest absolute Gasteiger partial charge is 0.302 e. The van der Waals surface area contributed by atoms with Crippen molar-refractivity contribution in [2.45, 2.75) is 33.5 Å². The third kappa shape index (κ3) is 201. The molecular weight excluding hydrogens is 255 g/mol. The van der Waals surface area contributed by atoms with Crippen LogP contribution in [0.25, 0.3) is 0 Å². The fourth-order valence-electron chi connectivity index (χ4n) is 0. The molecule has 0 saturated carbocycles. The highest BCUT2D eigenvalue weighted by Gasteiger charge is 1.92. The van der Waals surface area contributed by atoms with E-state index < -0.39 is 11.8 Å². The maximum absolute atomic E-state index is 10.2. The van der Waals surface area contributed by atoms with E-state index >= 15 is 0 Å². The molecule has 9 heteroatoms. The van der Waals surface area contributed by atoms with Gasteiger partial charge in [-0.2, -0.15) is 0 Å². The van der Waals surface area contributed by atoms with E-state index in [0.717, 1.165) is 6.92 Å². The average Bonchev–Trinajstić information content (AvgIpc) is 2.03. The number of methoxy groups -OCH3 is 2. The third-order valence-corrected chi connectivity index (χ3v) is 0.779. The first kappa shape index (κ1) is 36.0. The van der Waals surface area contributed by atoms with Gasteiger partial charge in [-0.05, 0) is 5.79 Å². The lowest BCUT2D eigenvalue weighted by Crippen LogP contribution is -3.00. The van der Waals surface area contributed by atoms with Crippen molar-refractivity contribution in [2.24, 2.45) is 0 Å². The Morgan fingerprint density at radius 3 is 1.28 bits per heavy atom. The fraction of sp³-hybridized carbons (Fsp3) is 0.778. The van der Waals surface area contributed by atoms with Crippen LogP contribution in [-0.4, -0.2) is 48.0 Å². The summed E-state index contributed by atoms with van der Waals surface area (Å²) in [7, 11) is 2.75. The van der Waals surface area contributed by atoms with Crippen LogP contribution in [-0.2, 0) is 19.1 Å². The molecule has 0 rings (SSSR count). The first-order chi connectivity index (χ1) is 6.56. The summed E-state index contributed by atoms with van der Waals surface area (Å²) in [6.45, 7) is 5.38. The first-order valence-electron chi connectivity index (χ1n) is 4.06. The first-order valence-corrected chi connectivity index (χ1v) is 4.06. The highest BCUT2D eigenvalue weighted by Crippen LogP contribution is 1.91. The molecule has 0 aromatic rings. The van der Waals surface area contributed by atoms with E-state index in [-0.39, 0.29) is 21.6 Å². The molecule has 0 aromatic carbocycles. The number of ether oxygens (including phenoxy) is 2. The van der Waals surface area contributed by atoms with E-state index in [1.807, 2.05) is 0 Å². The minimum Gasteiger partial charge on any atom is -1.00 e. The maximum atomic E-state index is 10.2. The van der Waals surface area contributed by atoms with Crippen LogP contribution in [0.1, 0.15) is 27.7 Å². The summed E-state index contributed by atoms with van der Waals surface area (Å²) in [5.41, 5.74) is 0. The zero-order valence-electron chi connectivity index (χ0n) is 11.3. The maximum Gasteiger partial charge on any atom is 0.302 e. The molecule has 0 amide bonds. The van der Waals surface area contributed by atoms with E-state index in [1.54, 1.807) is 0 Å². The normalized spacial score (nSPS) is 7.28. The van der Waals surface area contributed by atoms with Gasteiger partial charge in [0.1, 0.15) is 0 Å². The van der Waals surface area contributed by atoms with Gasteiger partial charge in [0.2, 0.25) is 0 Å². The molecular formula is C9H22FO8-3. The molecule has 8 nitrogen and oxygen atoms in total. The zero-order valence-corrected chi connectivity index (χ0v) is 11.3. The molecule has 116 valence electrons. The van der Waals surface area contributed by atoms with Gasteiger partial charge >= 0.3 is 5.97 Å². The molecule has 0 atom stereocenters. The van der Waals surface area contributed by atoms with Crippen molar-refractivity contribution in [1.29, 1.82) is 0 Å². The van der Waals surface area contributed by atoms with Crippen LogP contribution in [0.2, 0.25) is 0 Å². The van der Waals surface area contributed by atoms with Gasteiger partial charge < -0.3 is 35.3 Å². The summed E-state index contributed by atoms with van der Waals surface area (Å²) in [6, 6.07) is 0. The van der Waals surface area contributed by atoms with Crippen molar-refractivity contribution in [1.82, 2.24) is 0 Å². The van der Waals surface area contributed by atoms with Crippen molar-refractivity contribution in [3.8, 4) is 0 Å². The minimum absolute atomic E-state index is 0.